The van der Waals surface area contributed by atoms with Crippen molar-refractivity contribution in [2.24, 2.45) is 0 Å². The first-order valence-corrected chi connectivity index (χ1v) is 9.46. The van der Waals surface area contributed by atoms with Gasteiger partial charge in [-0.1, -0.05) is 71.9 Å². The maximum atomic E-state index is 6.51. The highest BCUT2D eigenvalue weighted by Crippen LogP contribution is 2.42. The van der Waals surface area contributed by atoms with Crippen LogP contribution in [0, 0.1) is 6.92 Å². The SMILES string of the molecule is Cc1cccc2cc(C3Nn4c(nnc4-c4ccccc4)S3)c(Cl)nc12. The van der Waals surface area contributed by atoms with Gasteiger partial charge >= 0.3 is 0 Å². The Bertz CT molecular complexity index is 1130. The van der Waals surface area contributed by atoms with Crippen molar-refractivity contribution >= 4 is 34.3 Å². The molecule has 1 unspecified atom stereocenters. The van der Waals surface area contributed by atoms with Gasteiger partial charge in [-0.15, -0.1) is 10.2 Å². The van der Waals surface area contributed by atoms with Gasteiger partial charge in [0.2, 0.25) is 5.16 Å². The number of thioether (sulfide) groups is 1. The van der Waals surface area contributed by atoms with Crippen LogP contribution in [0.3, 0.4) is 0 Å². The zero-order valence-corrected chi connectivity index (χ0v) is 15.4. The maximum Gasteiger partial charge on any atom is 0.212 e. The molecule has 5 rings (SSSR count). The van der Waals surface area contributed by atoms with Gasteiger partial charge in [0.1, 0.15) is 10.5 Å². The number of nitrogens with zero attached hydrogens (tertiary/aromatic N) is 4. The second-order valence-corrected chi connectivity index (χ2v) is 7.58. The number of rotatable bonds is 2. The molecule has 3 heterocycles. The van der Waals surface area contributed by atoms with Gasteiger partial charge in [0.25, 0.3) is 0 Å². The number of aryl methyl sites for hydroxylation is 1. The Hall–Kier alpha value is -2.57. The molecule has 1 aliphatic rings. The van der Waals surface area contributed by atoms with Crippen molar-refractivity contribution in [3.8, 4) is 11.4 Å². The third kappa shape index (κ3) is 2.45. The standard InChI is InChI=1S/C19H14ClN5S/c1-11-6-5-9-13-10-14(16(20)21-15(11)13)18-24-25-17(22-23-19(25)26-18)12-7-3-2-4-8-12/h2-10,18,24H,1H3. The fourth-order valence-electron chi connectivity index (χ4n) is 3.14. The van der Waals surface area contributed by atoms with Crippen molar-refractivity contribution in [1.29, 1.82) is 0 Å². The van der Waals surface area contributed by atoms with E-state index in [0.717, 1.165) is 38.6 Å². The number of halogens is 1. The molecule has 0 radical (unpaired) electrons. The van der Waals surface area contributed by atoms with Crippen LogP contribution in [-0.2, 0) is 0 Å². The molecule has 0 saturated carbocycles. The number of para-hydroxylation sites is 1. The highest BCUT2D eigenvalue weighted by molar-refractivity contribution is 7.99. The van der Waals surface area contributed by atoms with E-state index in [1.54, 1.807) is 11.8 Å². The number of aromatic nitrogens is 4. The molecule has 5 nitrogen and oxygen atoms in total. The van der Waals surface area contributed by atoms with Crippen molar-refractivity contribution in [3.63, 3.8) is 0 Å². The minimum atomic E-state index is -0.0622. The molecular weight excluding hydrogens is 366 g/mol. The van der Waals surface area contributed by atoms with E-state index in [1.165, 1.54) is 0 Å². The lowest BCUT2D eigenvalue weighted by molar-refractivity contribution is 0.792. The molecule has 26 heavy (non-hydrogen) atoms. The van der Waals surface area contributed by atoms with Gasteiger partial charge in [0, 0.05) is 16.5 Å². The normalized spacial score (nSPS) is 15.8. The largest absolute Gasteiger partial charge is 0.304 e. The molecule has 0 spiro atoms. The summed E-state index contributed by atoms with van der Waals surface area (Å²) >= 11 is 8.10. The van der Waals surface area contributed by atoms with Gasteiger partial charge in [0.05, 0.1) is 5.52 Å². The first-order valence-electron chi connectivity index (χ1n) is 8.20. The zero-order chi connectivity index (χ0) is 17.7. The van der Waals surface area contributed by atoms with Crippen LogP contribution in [0.4, 0.5) is 0 Å². The second kappa shape index (κ2) is 6.00. The monoisotopic (exact) mass is 379 g/mol. The molecule has 7 heteroatoms. The van der Waals surface area contributed by atoms with E-state index in [0.29, 0.717) is 5.15 Å². The summed E-state index contributed by atoms with van der Waals surface area (Å²) < 4.78 is 1.92. The van der Waals surface area contributed by atoms with Crippen LogP contribution in [0.2, 0.25) is 5.15 Å². The molecule has 2 aromatic heterocycles. The predicted molar refractivity (Wildman–Crippen MR) is 105 cm³/mol. The van der Waals surface area contributed by atoms with E-state index < -0.39 is 0 Å². The van der Waals surface area contributed by atoms with Crippen LogP contribution in [0.15, 0.2) is 59.8 Å². The summed E-state index contributed by atoms with van der Waals surface area (Å²) in [5, 5.41) is 11.0. The molecule has 0 amide bonds. The van der Waals surface area contributed by atoms with Gasteiger partial charge in [-0.25, -0.2) is 9.66 Å². The molecular formula is C19H14ClN5S. The number of benzene rings is 2. The smallest absolute Gasteiger partial charge is 0.212 e. The van der Waals surface area contributed by atoms with Crippen molar-refractivity contribution in [3.05, 3.63) is 70.9 Å². The minimum Gasteiger partial charge on any atom is -0.304 e. The summed E-state index contributed by atoms with van der Waals surface area (Å²) in [4.78, 5) is 4.61. The van der Waals surface area contributed by atoms with Gasteiger partial charge in [0.15, 0.2) is 5.82 Å². The van der Waals surface area contributed by atoms with E-state index in [4.69, 9.17) is 11.6 Å². The Kier molecular flexibility index (Phi) is 3.62. The molecule has 2 aromatic carbocycles. The van der Waals surface area contributed by atoms with Gasteiger partial charge < -0.3 is 5.43 Å². The molecule has 0 saturated heterocycles. The van der Waals surface area contributed by atoms with Gasteiger partial charge in [-0.05, 0) is 18.6 Å². The first kappa shape index (κ1) is 15.7. The molecule has 4 aromatic rings. The van der Waals surface area contributed by atoms with Crippen LogP contribution < -0.4 is 5.43 Å². The number of hydrogen-bond acceptors (Lipinski definition) is 5. The highest BCUT2D eigenvalue weighted by Gasteiger charge is 2.30. The quantitative estimate of drug-likeness (QED) is 0.507. The maximum absolute atomic E-state index is 6.51. The summed E-state index contributed by atoms with van der Waals surface area (Å²) in [5.41, 5.74) is 7.46. The Morgan fingerprint density at radius 2 is 1.92 bits per heavy atom. The molecule has 1 aliphatic heterocycles. The molecule has 0 bridgehead atoms. The summed E-state index contributed by atoms with van der Waals surface area (Å²) in [5.74, 6) is 0.788. The van der Waals surface area contributed by atoms with Crippen LogP contribution in [0.1, 0.15) is 16.5 Å². The minimum absolute atomic E-state index is 0.0622. The average Bonchev–Trinajstić information content (AvgIpc) is 3.23. The number of pyridine rings is 1. The molecule has 0 fully saturated rings. The van der Waals surface area contributed by atoms with E-state index in [9.17, 15) is 0 Å². The number of fused-ring (bicyclic) bond motifs is 2. The fourth-order valence-corrected chi connectivity index (χ4v) is 4.46. The van der Waals surface area contributed by atoms with Crippen LogP contribution in [0.5, 0.6) is 0 Å². The third-order valence-electron chi connectivity index (χ3n) is 4.45. The highest BCUT2D eigenvalue weighted by atomic mass is 35.5. The van der Waals surface area contributed by atoms with E-state index in [-0.39, 0.29) is 5.37 Å². The summed E-state index contributed by atoms with van der Waals surface area (Å²) in [6.45, 7) is 2.04. The molecule has 1 atom stereocenters. The fraction of sp³-hybridized carbons (Fsp3) is 0.105. The second-order valence-electron chi connectivity index (χ2n) is 6.15. The summed E-state index contributed by atoms with van der Waals surface area (Å²) in [7, 11) is 0. The lowest BCUT2D eigenvalue weighted by Gasteiger charge is -2.14. The van der Waals surface area contributed by atoms with Crippen molar-refractivity contribution < 1.29 is 0 Å². The summed E-state index contributed by atoms with van der Waals surface area (Å²) in [6, 6.07) is 18.2. The molecule has 1 N–H and O–H groups in total. The lowest BCUT2D eigenvalue weighted by Crippen LogP contribution is -2.14. The molecule has 0 aliphatic carbocycles. The Morgan fingerprint density at radius 3 is 2.77 bits per heavy atom. The van der Waals surface area contributed by atoms with Crippen LogP contribution >= 0.6 is 23.4 Å². The third-order valence-corrected chi connectivity index (χ3v) is 5.82. The first-order chi connectivity index (χ1) is 12.7. The Morgan fingerprint density at radius 1 is 1.08 bits per heavy atom. The van der Waals surface area contributed by atoms with Gasteiger partial charge in [-0.3, -0.25) is 0 Å². The van der Waals surface area contributed by atoms with E-state index >= 15 is 0 Å². The average molecular weight is 380 g/mol. The lowest BCUT2D eigenvalue weighted by atomic mass is 10.1. The Balaban J connectivity index is 1.54. The molecule has 128 valence electrons. The van der Waals surface area contributed by atoms with Crippen LogP contribution in [0.25, 0.3) is 22.3 Å². The van der Waals surface area contributed by atoms with Crippen molar-refractivity contribution in [2.75, 3.05) is 5.43 Å². The van der Waals surface area contributed by atoms with E-state index in [2.05, 4.69) is 32.7 Å². The summed E-state index contributed by atoms with van der Waals surface area (Å²) in [6.07, 6.45) is 0. The van der Waals surface area contributed by atoms with Crippen molar-refractivity contribution in [2.45, 2.75) is 17.5 Å². The van der Waals surface area contributed by atoms with Crippen molar-refractivity contribution in [1.82, 2.24) is 19.9 Å². The van der Waals surface area contributed by atoms with Crippen LogP contribution in [-0.4, -0.2) is 19.9 Å². The Labute approximate surface area is 159 Å². The topological polar surface area (TPSA) is 55.6 Å². The predicted octanol–water partition coefficient (Wildman–Crippen LogP) is 4.80. The zero-order valence-electron chi connectivity index (χ0n) is 13.8. The van der Waals surface area contributed by atoms with Gasteiger partial charge in [-0.2, -0.15) is 0 Å². The number of nitrogens with one attached hydrogen (secondary N) is 1. The number of hydrogen-bond donors (Lipinski definition) is 1. The van der Waals surface area contributed by atoms with E-state index in [1.807, 2.05) is 54.1 Å².